The fourth-order valence-corrected chi connectivity index (χ4v) is 2.65. The number of carbonyl (C=O) groups is 1. The average Bonchev–Trinajstić information content (AvgIpc) is 2.44. The van der Waals surface area contributed by atoms with Crippen LogP contribution in [0.15, 0.2) is 29.2 Å². The molecule has 0 amide bonds. The number of ether oxygens (including phenoxy) is 2. The predicted octanol–water partition coefficient (Wildman–Crippen LogP) is 3.45. The van der Waals surface area contributed by atoms with Crippen LogP contribution >= 0.6 is 0 Å². The maximum Gasteiger partial charge on any atom is 0.514 e. The molecule has 0 bridgehead atoms. The van der Waals surface area contributed by atoms with Crippen LogP contribution in [0.1, 0.15) is 34.6 Å². The molecule has 0 saturated heterocycles. The Bertz CT molecular complexity index is 619. The molecule has 0 fully saturated rings. The lowest BCUT2D eigenvalue weighted by atomic mass is 10.2. The molecular weight excluding hydrogens is 368 g/mol. The minimum absolute atomic E-state index is 0.0289. The van der Waals surface area contributed by atoms with E-state index in [-0.39, 0.29) is 17.5 Å². The zero-order valence-corrected chi connectivity index (χ0v) is 17.1. The van der Waals surface area contributed by atoms with Gasteiger partial charge < -0.3 is 9.47 Å². The molecule has 0 radical (unpaired) electrons. The molecule has 0 aromatic heterocycles. The van der Waals surface area contributed by atoms with Crippen LogP contribution in [0.4, 0.5) is 4.79 Å². The summed E-state index contributed by atoms with van der Waals surface area (Å²) in [6.07, 6.45) is 1.53. The second kappa shape index (κ2) is 10.6. The van der Waals surface area contributed by atoms with E-state index in [9.17, 15) is 13.2 Å². The van der Waals surface area contributed by atoms with Crippen molar-refractivity contribution < 1.29 is 31.4 Å². The summed E-state index contributed by atoms with van der Waals surface area (Å²) in [5.41, 5.74) is -0.533. The standard InChI is InChI=1S/C14H21O3S.C2H6O4S/c1-6-18(5)12-9-7-11(8-10-12)16-13(15)17-14(2,3)4;1-2-6-7(3,4)5/h7-10H,6H2,1-5H3;2H2,1H3,(H,3,4,5)/q+1;. The fraction of sp³-hybridized carbons (Fsp3) is 0.562. The quantitative estimate of drug-likeness (QED) is 0.353. The average molecular weight is 396 g/mol. The smallest absolute Gasteiger partial charge is 0.428 e. The predicted molar refractivity (Wildman–Crippen MR) is 98.6 cm³/mol. The summed E-state index contributed by atoms with van der Waals surface area (Å²) in [4.78, 5) is 12.7. The third-order valence-electron chi connectivity index (χ3n) is 2.52. The summed E-state index contributed by atoms with van der Waals surface area (Å²) in [6, 6.07) is 7.59. The molecular formula is C16H27O7S2+. The monoisotopic (exact) mass is 395 g/mol. The van der Waals surface area contributed by atoms with E-state index in [1.54, 1.807) is 32.9 Å². The second-order valence-corrected chi connectivity index (χ2v) is 9.21. The number of carbonyl (C=O) groups excluding carboxylic acids is 1. The molecule has 9 heteroatoms. The van der Waals surface area contributed by atoms with Gasteiger partial charge in [-0.2, -0.15) is 8.42 Å². The minimum Gasteiger partial charge on any atom is -0.428 e. The van der Waals surface area contributed by atoms with E-state index in [4.69, 9.17) is 14.0 Å². The van der Waals surface area contributed by atoms with Crippen LogP contribution in [0.25, 0.3) is 0 Å². The summed E-state index contributed by atoms with van der Waals surface area (Å²) in [6.45, 7) is 9.02. The van der Waals surface area contributed by atoms with E-state index in [0.717, 1.165) is 5.75 Å². The highest BCUT2D eigenvalue weighted by Crippen LogP contribution is 2.18. The maximum atomic E-state index is 11.5. The van der Waals surface area contributed by atoms with Crippen molar-refractivity contribution in [1.29, 1.82) is 0 Å². The Balaban J connectivity index is 0.000000697. The van der Waals surface area contributed by atoms with Gasteiger partial charge in [0.1, 0.15) is 23.4 Å². The zero-order chi connectivity index (χ0) is 19.7. The van der Waals surface area contributed by atoms with Gasteiger partial charge in [-0.25, -0.2) is 8.98 Å². The zero-order valence-electron chi connectivity index (χ0n) is 15.4. The topological polar surface area (TPSA) is 99.1 Å². The van der Waals surface area contributed by atoms with Crippen molar-refractivity contribution in [3.05, 3.63) is 24.3 Å². The molecule has 1 N–H and O–H groups in total. The lowest BCUT2D eigenvalue weighted by molar-refractivity contribution is 0.0206. The van der Waals surface area contributed by atoms with E-state index < -0.39 is 22.2 Å². The Morgan fingerprint density at radius 1 is 1.16 bits per heavy atom. The van der Waals surface area contributed by atoms with Gasteiger partial charge in [-0.1, -0.05) is 0 Å². The van der Waals surface area contributed by atoms with Gasteiger partial charge in [0.2, 0.25) is 0 Å². The molecule has 0 saturated carbocycles. The van der Waals surface area contributed by atoms with Gasteiger partial charge in [0.15, 0.2) is 4.90 Å². The van der Waals surface area contributed by atoms with Gasteiger partial charge in [-0.05, 0) is 58.9 Å². The van der Waals surface area contributed by atoms with Gasteiger partial charge >= 0.3 is 16.6 Å². The second-order valence-electron chi connectivity index (χ2n) is 5.80. The van der Waals surface area contributed by atoms with Crippen molar-refractivity contribution in [3.63, 3.8) is 0 Å². The van der Waals surface area contributed by atoms with Crippen LogP contribution in [0.3, 0.4) is 0 Å². The van der Waals surface area contributed by atoms with Crippen molar-refractivity contribution in [2.45, 2.75) is 45.1 Å². The summed E-state index contributed by atoms with van der Waals surface area (Å²) in [5.74, 6) is 1.63. The van der Waals surface area contributed by atoms with Crippen molar-refractivity contribution >= 4 is 27.4 Å². The van der Waals surface area contributed by atoms with Crippen molar-refractivity contribution in [1.82, 2.24) is 0 Å². The third-order valence-corrected chi connectivity index (χ3v) is 4.99. The summed E-state index contributed by atoms with van der Waals surface area (Å²) in [7, 11) is -3.92. The lowest BCUT2D eigenvalue weighted by Crippen LogP contribution is -2.25. The molecule has 1 atom stereocenters. The Morgan fingerprint density at radius 2 is 1.68 bits per heavy atom. The summed E-state index contributed by atoms with van der Waals surface area (Å²) in [5, 5.41) is 0. The minimum atomic E-state index is -4.17. The first kappa shape index (κ1) is 23.7. The fourth-order valence-electron chi connectivity index (χ4n) is 1.42. The number of rotatable bonds is 5. The highest BCUT2D eigenvalue weighted by molar-refractivity contribution is 7.96. The Labute approximate surface area is 153 Å². The molecule has 7 nitrogen and oxygen atoms in total. The Kier molecular flexibility index (Phi) is 10.1. The number of hydrogen-bond donors (Lipinski definition) is 1. The molecule has 1 aromatic rings. The molecule has 1 unspecified atom stereocenters. The lowest BCUT2D eigenvalue weighted by Gasteiger charge is -2.18. The van der Waals surface area contributed by atoms with Crippen molar-refractivity contribution in [3.8, 4) is 5.75 Å². The third kappa shape index (κ3) is 12.7. The van der Waals surface area contributed by atoms with E-state index in [1.165, 1.54) is 11.8 Å². The first-order valence-corrected chi connectivity index (χ1v) is 10.8. The van der Waals surface area contributed by atoms with Crippen LogP contribution in [0.5, 0.6) is 5.75 Å². The first-order valence-electron chi connectivity index (χ1n) is 7.63. The highest BCUT2D eigenvalue weighted by atomic mass is 32.3. The van der Waals surface area contributed by atoms with Gasteiger partial charge in [0, 0.05) is 10.9 Å². The van der Waals surface area contributed by atoms with E-state index >= 15 is 0 Å². The maximum absolute atomic E-state index is 11.5. The summed E-state index contributed by atoms with van der Waals surface area (Å²) >= 11 is 0. The van der Waals surface area contributed by atoms with Crippen molar-refractivity contribution in [2.24, 2.45) is 0 Å². The normalized spacial score (nSPS) is 12.6. The molecule has 0 spiro atoms. The molecule has 0 aliphatic heterocycles. The molecule has 0 heterocycles. The van der Waals surface area contributed by atoms with Crippen LogP contribution in [0, 0.1) is 0 Å². The first-order chi connectivity index (χ1) is 11.4. The van der Waals surface area contributed by atoms with Gasteiger partial charge in [0.25, 0.3) is 0 Å². The Hall–Kier alpha value is -1.29. The van der Waals surface area contributed by atoms with Crippen LogP contribution in [-0.2, 0) is 30.2 Å². The van der Waals surface area contributed by atoms with Crippen LogP contribution in [0.2, 0.25) is 0 Å². The molecule has 0 aliphatic rings. The van der Waals surface area contributed by atoms with E-state index in [0.29, 0.717) is 5.75 Å². The molecule has 25 heavy (non-hydrogen) atoms. The van der Waals surface area contributed by atoms with Crippen LogP contribution in [-0.4, -0.2) is 43.3 Å². The number of hydrogen-bond acceptors (Lipinski definition) is 6. The summed E-state index contributed by atoms with van der Waals surface area (Å²) < 4.78 is 40.8. The van der Waals surface area contributed by atoms with Gasteiger partial charge in [0.05, 0.1) is 6.61 Å². The largest absolute Gasteiger partial charge is 0.514 e. The molecule has 0 aliphatic carbocycles. The van der Waals surface area contributed by atoms with Crippen LogP contribution < -0.4 is 4.74 Å². The molecule has 144 valence electrons. The molecule has 1 rings (SSSR count). The van der Waals surface area contributed by atoms with Crippen molar-refractivity contribution in [2.75, 3.05) is 18.6 Å². The number of benzene rings is 1. The highest BCUT2D eigenvalue weighted by Gasteiger charge is 2.18. The van der Waals surface area contributed by atoms with E-state index in [1.807, 2.05) is 12.1 Å². The van der Waals surface area contributed by atoms with Gasteiger partial charge in [-0.3, -0.25) is 4.55 Å². The SMILES string of the molecule is CCOS(=O)(=O)O.CC[S+](C)c1ccc(OC(=O)OC(C)(C)C)cc1. The van der Waals surface area contributed by atoms with Gasteiger partial charge in [-0.15, -0.1) is 0 Å². The van der Waals surface area contributed by atoms with E-state index in [2.05, 4.69) is 17.4 Å². The Morgan fingerprint density at radius 3 is 2.00 bits per heavy atom. The molecule has 1 aromatic carbocycles.